The third-order valence-electron chi connectivity index (χ3n) is 2.52. The van der Waals surface area contributed by atoms with Gasteiger partial charge < -0.3 is 8.98 Å². The molecule has 3 aromatic heterocycles. The van der Waals surface area contributed by atoms with Crippen molar-refractivity contribution in [2.45, 2.75) is 5.16 Å². The van der Waals surface area contributed by atoms with E-state index in [9.17, 15) is 4.79 Å². The zero-order chi connectivity index (χ0) is 14.7. The Hall–Kier alpha value is -2.20. The summed E-state index contributed by atoms with van der Waals surface area (Å²) in [6.07, 6.45) is 1.58. The number of nitrogens with zero attached hydrogens (tertiary/aromatic N) is 5. The fraction of sp³-hybridized carbons (Fsp3) is 0.182. The molecule has 0 aliphatic rings. The van der Waals surface area contributed by atoms with Crippen molar-refractivity contribution in [3.05, 3.63) is 23.9 Å². The van der Waals surface area contributed by atoms with Crippen LogP contribution in [0.15, 0.2) is 33.5 Å². The highest BCUT2D eigenvalue weighted by molar-refractivity contribution is 7.99. The fourth-order valence-electron chi connectivity index (χ4n) is 1.57. The number of amides is 1. The van der Waals surface area contributed by atoms with Crippen molar-refractivity contribution >= 4 is 34.1 Å². The smallest absolute Gasteiger partial charge is 0.236 e. The molecule has 1 amide bonds. The fourth-order valence-corrected chi connectivity index (χ4v) is 2.75. The van der Waals surface area contributed by atoms with Crippen LogP contribution in [0.5, 0.6) is 0 Å². The SMILES string of the molecule is Cn1c(SCC(=O)Nc2nncs2)nnc1-c1ccco1. The average molecular weight is 322 g/mol. The molecule has 8 nitrogen and oxygen atoms in total. The highest BCUT2D eigenvalue weighted by Crippen LogP contribution is 2.22. The molecule has 3 rings (SSSR count). The summed E-state index contributed by atoms with van der Waals surface area (Å²) in [5, 5.41) is 19.3. The highest BCUT2D eigenvalue weighted by Gasteiger charge is 2.14. The highest BCUT2D eigenvalue weighted by atomic mass is 32.2. The van der Waals surface area contributed by atoms with Crippen LogP contribution in [0.2, 0.25) is 0 Å². The molecule has 0 aromatic carbocycles. The normalized spacial score (nSPS) is 10.7. The lowest BCUT2D eigenvalue weighted by Gasteiger charge is -2.02. The Kier molecular flexibility index (Phi) is 3.97. The molecule has 0 radical (unpaired) electrons. The van der Waals surface area contributed by atoms with E-state index in [0.717, 1.165) is 0 Å². The molecule has 0 aliphatic carbocycles. The maximum Gasteiger partial charge on any atom is 0.236 e. The van der Waals surface area contributed by atoms with E-state index in [1.807, 2.05) is 7.05 Å². The van der Waals surface area contributed by atoms with Gasteiger partial charge in [-0.2, -0.15) is 0 Å². The number of hydrogen-bond acceptors (Lipinski definition) is 8. The summed E-state index contributed by atoms with van der Waals surface area (Å²) in [5.74, 6) is 1.30. The summed E-state index contributed by atoms with van der Waals surface area (Å²) in [6.45, 7) is 0. The van der Waals surface area contributed by atoms with Crippen LogP contribution in [0.25, 0.3) is 11.6 Å². The van der Waals surface area contributed by atoms with Gasteiger partial charge in [0.15, 0.2) is 16.7 Å². The van der Waals surface area contributed by atoms with Gasteiger partial charge in [0.2, 0.25) is 11.0 Å². The van der Waals surface area contributed by atoms with Gasteiger partial charge in [-0.1, -0.05) is 23.1 Å². The van der Waals surface area contributed by atoms with Crippen molar-refractivity contribution in [1.29, 1.82) is 0 Å². The summed E-state index contributed by atoms with van der Waals surface area (Å²) in [4.78, 5) is 11.8. The summed E-state index contributed by atoms with van der Waals surface area (Å²) < 4.78 is 7.06. The Morgan fingerprint density at radius 2 is 2.38 bits per heavy atom. The van der Waals surface area contributed by atoms with E-state index in [2.05, 4.69) is 25.7 Å². The minimum atomic E-state index is -0.167. The van der Waals surface area contributed by atoms with E-state index in [1.54, 1.807) is 28.5 Å². The lowest BCUT2D eigenvalue weighted by molar-refractivity contribution is -0.113. The van der Waals surface area contributed by atoms with Crippen LogP contribution in [-0.2, 0) is 11.8 Å². The Morgan fingerprint density at radius 1 is 1.48 bits per heavy atom. The lowest BCUT2D eigenvalue weighted by Crippen LogP contribution is -2.14. The van der Waals surface area contributed by atoms with Crippen LogP contribution in [0.1, 0.15) is 0 Å². The first-order valence-corrected chi connectivity index (χ1v) is 7.72. The molecule has 3 aromatic rings. The summed E-state index contributed by atoms with van der Waals surface area (Å²) in [7, 11) is 1.82. The number of thioether (sulfide) groups is 1. The zero-order valence-electron chi connectivity index (χ0n) is 10.9. The lowest BCUT2D eigenvalue weighted by atomic mass is 10.4. The maximum atomic E-state index is 11.8. The first kappa shape index (κ1) is 13.8. The number of furan rings is 1. The Labute approximate surface area is 127 Å². The topological polar surface area (TPSA) is 98.7 Å². The van der Waals surface area contributed by atoms with Crippen LogP contribution in [-0.4, -0.2) is 36.6 Å². The molecule has 1 N–H and O–H groups in total. The number of carbonyl (C=O) groups is 1. The van der Waals surface area contributed by atoms with Crippen molar-refractivity contribution < 1.29 is 9.21 Å². The first-order chi connectivity index (χ1) is 10.2. The molecule has 3 heterocycles. The molecule has 10 heteroatoms. The minimum Gasteiger partial charge on any atom is -0.461 e. The first-order valence-electron chi connectivity index (χ1n) is 5.86. The van der Waals surface area contributed by atoms with Crippen molar-refractivity contribution in [3.8, 4) is 11.6 Å². The number of nitrogens with one attached hydrogen (secondary N) is 1. The van der Waals surface area contributed by atoms with E-state index in [1.165, 1.54) is 23.1 Å². The second kappa shape index (κ2) is 6.06. The van der Waals surface area contributed by atoms with Crippen molar-refractivity contribution in [1.82, 2.24) is 25.0 Å². The molecular formula is C11H10N6O2S2. The quantitative estimate of drug-likeness (QED) is 0.713. The van der Waals surface area contributed by atoms with E-state index in [4.69, 9.17) is 4.42 Å². The molecule has 21 heavy (non-hydrogen) atoms. The Bertz CT molecular complexity index is 722. The van der Waals surface area contributed by atoms with Crippen molar-refractivity contribution in [2.24, 2.45) is 7.05 Å². The third-order valence-corrected chi connectivity index (χ3v) is 4.14. The molecule has 0 saturated carbocycles. The minimum absolute atomic E-state index is 0.167. The van der Waals surface area contributed by atoms with Crippen LogP contribution in [0.3, 0.4) is 0 Å². The predicted octanol–water partition coefficient (Wildman–Crippen LogP) is 1.66. The third kappa shape index (κ3) is 3.11. The summed E-state index contributed by atoms with van der Waals surface area (Å²) in [6, 6.07) is 3.59. The molecule has 0 bridgehead atoms. The van der Waals surface area contributed by atoms with Crippen LogP contribution < -0.4 is 5.32 Å². The number of carbonyl (C=O) groups excluding carboxylic acids is 1. The average Bonchev–Trinajstić information content (AvgIpc) is 3.18. The molecule has 0 atom stereocenters. The van der Waals surface area contributed by atoms with Crippen LogP contribution >= 0.6 is 23.1 Å². The van der Waals surface area contributed by atoms with Gasteiger partial charge in [0.25, 0.3) is 0 Å². The number of anilines is 1. The van der Waals surface area contributed by atoms with Gasteiger partial charge >= 0.3 is 0 Å². The molecular weight excluding hydrogens is 312 g/mol. The summed E-state index contributed by atoms with van der Waals surface area (Å²) in [5.41, 5.74) is 1.56. The molecule has 0 fully saturated rings. The van der Waals surface area contributed by atoms with E-state index in [-0.39, 0.29) is 11.7 Å². The molecule has 0 unspecified atom stereocenters. The molecule has 0 spiro atoms. The molecule has 0 aliphatic heterocycles. The van der Waals surface area contributed by atoms with E-state index < -0.39 is 0 Å². The zero-order valence-corrected chi connectivity index (χ0v) is 12.5. The van der Waals surface area contributed by atoms with Gasteiger partial charge in [-0.3, -0.25) is 10.1 Å². The second-order valence-corrected chi connectivity index (χ2v) is 5.70. The monoisotopic (exact) mass is 322 g/mol. The number of rotatable bonds is 5. The Balaban J connectivity index is 1.62. The van der Waals surface area contributed by atoms with Gasteiger partial charge in [-0.15, -0.1) is 20.4 Å². The summed E-state index contributed by atoms with van der Waals surface area (Å²) >= 11 is 2.56. The number of hydrogen-bond donors (Lipinski definition) is 1. The Morgan fingerprint density at radius 3 is 3.10 bits per heavy atom. The molecule has 108 valence electrons. The van der Waals surface area contributed by atoms with E-state index >= 15 is 0 Å². The van der Waals surface area contributed by atoms with Gasteiger partial charge in [0.05, 0.1) is 12.0 Å². The number of aromatic nitrogens is 5. The second-order valence-electron chi connectivity index (χ2n) is 3.92. The predicted molar refractivity (Wildman–Crippen MR) is 78.0 cm³/mol. The van der Waals surface area contributed by atoms with Gasteiger partial charge in [0, 0.05) is 7.05 Å². The van der Waals surface area contributed by atoms with Gasteiger partial charge in [0.1, 0.15) is 5.51 Å². The molecule has 0 saturated heterocycles. The largest absolute Gasteiger partial charge is 0.461 e. The van der Waals surface area contributed by atoms with E-state index in [0.29, 0.717) is 21.9 Å². The standard InChI is InChI=1S/C11H10N6O2S2/c1-17-9(7-3-2-4-19-7)14-16-11(17)20-5-8(18)13-10-15-12-6-21-10/h2-4,6H,5H2,1H3,(H,13,15,18). The van der Waals surface area contributed by atoms with Crippen molar-refractivity contribution in [2.75, 3.05) is 11.1 Å². The maximum absolute atomic E-state index is 11.8. The van der Waals surface area contributed by atoms with Crippen LogP contribution in [0, 0.1) is 0 Å². The van der Waals surface area contributed by atoms with Crippen LogP contribution in [0.4, 0.5) is 5.13 Å². The van der Waals surface area contributed by atoms with Crippen molar-refractivity contribution in [3.63, 3.8) is 0 Å². The van der Waals surface area contributed by atoms with Gasteiger partial charge in [-0.05, 0) is 12.1 Å². The van der Waals surface area contributed by atoms with Gasteiger partial charge in [-0.25, -0.2) is 0 Å².